The fourth-order valence-corrected chi connectivity index (χ4v) is 0.935. The first kappa shape index (κ1) is 12.5. The summed E-state index contributed by atoms with van der Waals surface area (Å²) in [5, 5.41) is 0. The molecule has 0 aliphatic heterocycles. The lowest BCUT2D eigenvalue weighted by Gasteiger charge is -2.23. The minimum absolute atomic E-state index is 0.639. The molecule has 0 bridgehead atoms. The smallest absolute Gasteiger partial charge is 0.378 e. The molecule has 0 heterocycles. The summed E-state index contributed by atoms with van der Waals surface area (Å²) in [4.78, 5) is 25.5. The summed E-state index contributed by atoms with van der Waals surface area (Å²) >= 11 is 0. The molecule has 0 saturated heterocycles. The second kappa shape index (κ2) is 5.26. The van der Waals surface area contributed by atoms with Crippen molar-refractivity contribution in [3.05, 3.63) is 11.9 Å². The van der Waals surface area contributed by atoms with Crippen LogP contribution in [0.15, 0.2) is 11.9 Å². The van der Waals surface area contributed by atoms with Gasteiger partial charge in [-0.2, -0.15) is 0 Å². The van der Waals surface area contributed by atoms with E-state index in [-0.39, 0.29) is 0 Å². The number of hydrogen-bond acceptors (Lipinski definition) is 5. The molecule has 0 spiro atoms. The zero-order valence-corrected chi connectivity index (χ0v) is 9.20. The first-order chi connectivity index (χ1) is 6.40. The standard InChI is InChI=1S/C9H16N2O3/c1-10(2)8(11(3)4)6-7(12)9(13)14-5/h6H,1-5H3. The van der Waals surface area contributed by atoms with Crippen LogP contribution in [0.5, 0.6) is 0 Å². The van der Waals surface area contributed by atoms with Gasteiger partial charge in [0, 0.05) is 34.3 Å². The fraction of sp³-hybridized carbons (Fsp3) is 0.556. The zero-order chi connectivity index (χ0) is 11.3. The van der Waals surface area contributed by atoms with Crippen LogP contribution in [0.1, 0.15) is 0 Å². The molecule has 0 atom stereocenters. The third kappa shape index (κ3) is 3.47. The van der Waals surface area contributed by atoms with E-state index in [1.54, 1.807) is 38.0 Å². The van der Waals surface area contributed by atoms with Crippen LogP contribution in [0.25, 0.3) is 0 Å². The summed E-state index contributed by atoms with van der Waals surface area (Å²) in [7, 11) is 8.33. The molecule has 0 saturated carbocycles. The van der Waals surface area contributed by atoms with Crippen molar-refractivity contribution >= 4 is 11.8 Å². The van der Waals surface area contributed by atoms with Crippen molar-refractivity contribution < 1.29 is 14.3 Å². The number of esters is 1. The van der Waals surface area contributed by atoms with Crippen molar-refractivity contribution in [1.29, 1.82) is 0 Å². The quantitative estimate of drug-likeness (QED) is 0.354. The Balaban J connectivity index is 4.75. The molecule has 0 N–H and O–H groups in total. The molecule has 14 heavy (non-hydrogen) atoms. The topological polar surface area (TPSA) is 49.9 Å². The van der Waals surface area contributed by atoms with E-state index in [4.69, 9.17) is 0 Å². The first-order valence-corrected chi connectivity index (χ1v) is 4.08. The lowest BCUT2D eigenvalue weighted by atomic mass is 10.3. The predicted molar refractivity (Wildman–Crippen MR) is 52.5 cm³/mol. The first-order valence-electron chi connectivity index (χ1n) is 4.08. The number of nitrogens with zero attached hydrogens (tertiary/aromatic N) is 2. The van der Waals surface area contributed by atoms with E-state index in [1.165, 1.54) is 13.2 Å². The van der Waals surface area contributed by atoms with Gasteiger partial charge in [-0.1, -0.05) is 0 Å². The summed E-state index contributed by atoms with van der Waals surface area (Å²) < 4.78 is 4.30. The maximum Gasteiger partial charge on any atom is 0.378 e. The lowest BCUT2D eigenvalue weighted by molar-refractivity contribution is -0.149. The molecule has 5 heteroatoms. The summed E-state index contributed by atoms with van der Waals surface area (Å²) in [6.07, 6.45) is 1.24. The van der Waals surface area contributed by atoms with Crippen LogP contribution in [-0.2, 0) is 14.3 Å². The van der Waals surface area contributed by atoms with Crippen LogP contribution in [0.3, 0.4) is 0 Å². The van der Waals surface area contributed by atoms with Crippen LogP contribution in [0, 0.1) is 0 Å². The molecule has 80 valence electrons. The minimum Gasteiger partial charge on any atom is -0.463 e. The molecule has 0 aliphatic rings. The summed E-state index contributed by atoms with van der Waals surface area (Å²) in [5.74, 6) is -0.878. The molecular weight excluding hydrogens is 184 g/mol. The van der Waals surface area contributed by atoms with Gasteiger partial charge in [0.15, 0.2) is 0 Å². The largest absolute Gasteiger partial charge is 0.463 e. The van der Waals surface area contributed by atoms with Crippen LogP contribution in [0.4, 0.5) is 0 Å². The summed E-state index contributed by atoms with van der Waals surface area (Å²) in [6, 6.07) is 0. The monoisotopic (exact) mass is 200 g/mol. The van der Waals surface area contributed by atoms with Crippen molar-refractivity contribution in [1.82, 2.24) is 9.80 Å². The van der Waals surface area contributed by atoms with Gasteiger partial charge in [-0.15, -0.1) is 0 Å². The number of ketones is 1. The Morgan fingerprint density at radius 2 is 1.50 bits per heavy atom. The highest BCUT2D eigenvalue weighted by Crippen LogP contribution is 2.01. The average molecular weight is 200 g/mol. The van der Waals surface area contributed by atoms with Crippen LogP contribution in [-0.4, -0.2) is 56.9 Å². The SMILES string of the molecule is COC(=O)C(=O)C=C(N(C)C)N(C)C. The molecule has 0 aromatic heterocycles. The van der Waals surface area contributed by atoms with Crippen molar-refractivity contribution in [2.75, 3.05) is 35.3 Å². The van der Waals surface area contributed by atoms with Crippen LogP contribution < -0.4 is 0 Å². The van der Waals surface area contributed by atoms with Gasteiger partial charge in [0.1, 0.15) is 5.82 Å². The number of rotatable bonds is 4. The Labute approximate surface area is 83.9 Å². The minimum atomic E-state index is -0.855. The molecule has 0 aromatic rings. The highest BCUT2D eigenvalue weighted by atomic mass is 16.5. The number of hydrogen-bond donors (Lipinski definition) is 0. The van der Waals surface area contributed by atoms with Gasteiger partial charge in [0.2, 0.25) is 0 Å². The molecule has 0 aromatic carbocycles. The van der Waals surface area contributed by atoms with Crippen LogP contribution >= 0.6 is 0 Å². The Kier molecular flexibility index (Phi) is 4.69. The van der Waals surface area contributed by atoms with E-state index in [0.29, 0.717) is 5.82 Å². The number of methoxy groups -OCH3 is 1. The Morgan fingerprint density at radius 1 is 1.07 bits per heavy atom. The van der Waals surface area contributed by atoms with Crippen molar-refractivity contribution in [3.63, 3.8) is 0 Å². The van der Waals surface area contributed by atoms with E-state index >= 15 is 0 Å². The number of carbonyl (C=O) groups is 2. The molecular formula is C9H16N2O3. The summed E-state index contributed by atoms with van der Waals surface area (Å²) in [5.41, 5.74) is 0. The fourth-order valence-electron chi connectivity index (χ4n) is 0.935. The molecule has 0 rings (SSSR count). The maximum atomic E-state index is 11.2. The Hall–Kier alpha value is -1.52. The molecule has 0 fully saturated rings. The Bertz CT molecular complexity index is 247. The predicted octanol–water partition coefficient (Wildman–Crippen LogP) is -0.307. The van der Waals surface area contributed by atoms with E-state index in [1.807, 2.05) is 0 Å². The van der Waals surface area contributed by atoms with E-state index in [0.717, 1.165) is 0 Å². The van der Waals surface area contributed by atoms with Gasteiger partial charge in [-0.05, 0) is 0 Å². The molecule has 0 unspecified atom stereocenters. The third-order valence-corrected chi connectivity index (χ3v) is 1.56. The maximum absolute atomic E-state index is 11.2. The molecule has 0 aliphatic carbocycles. The van der Waals surface area contributed by atoms with Gasteiger partial charge in [-0.3, -0.25) is 4.79 Å². The summed E-state index contributed by atoms with van der Waals surface area (Å²) in [6.45, 7) is 0. The lowest BCUT2D eigenvalue weighted by Crippen LogP contribution is -2.27. The third-order valence-electron chi connectivity index (χ3n) is 1.56. The highest BCUT2D eigenvalue weighted by Gasteiger charge is 2.13. The van der Waals surface area contributed by atoms with E-state index < -0.39 is 11.8 Å². The highest BCUT2D eigenvalue weighted by molar-refractivity contribution is 6.38. The van der Waals surface area contributed by atoms with Crippen LogP contribution in [0.2, 0.25) is 0 Å². The average Bonchev–Trinajstić information content (AvgIpc) is 2.11. The second-order valence-electron chi connectivity index (χ2n) is 3.15. The Morgan fingerprint density at radius 3 is 1.79 bits per heavy atom. The molecule has 0 radical (unpaired) electrons. The molecule has 5 nitrogen and oxygen atoms in total. The van der Waals surface area contributed by atoms with Gasteiger partial charge in [0.05, 0.1) is 7.11 Å². The zero-order valence-electron chi connectivity index (χ0n) is 9.20. The van der Waals surface area contributed by atoms with Gasteiger partial charge < -0.3 is 14.5 Å². The van der Waals surface area contributed by atoms with Gasteiger partial charge in [-0.25, -0.2) is 4.79 Å². The van der Waals surface area contributed by atoms with Crippen molar-refractivity contribution in [2.24, 2.45) is 0 Å². The van der Waals surface area contributed by atoms with Crippen molar-refractivity contribution in [2.45, 2.75) is 0 Å². The number of ether oxygens (including phenoxy) is 1. The van der Waals surface area contributed by atoms with E-state index in [9.17, 15) is 9.59 Å². The number of carbonyl (C=O) groups excluding carboxylic acids is 2. The molecule has 0 amide bonds. The van der Waals surface area contributed by atoms with Gasteiger partial charge >= 0.3 is 5.97 Å². The normalized spacial score (nSPS) is 8.93. The van der Waals surface area contributed by atoms with E-state index in [2.05, 4.69) is 4.74 Å². The van der Waals surface area contributed by atoms with Gasteiger partial charge in [0.25, 0.3) is 5.78 Å². The second-order valence-corrected chi connectivity index (χ2v) is 3.15. The van der Waals surface area contributed by atoms with Crippen molar-refractivity contribution in [3.8, 4) is 0 Å².